The van der Waals surface area contributed by atoms with Crippen molar-refractivity contribution in [3.63, 3.8) is 0 Å². The average Bonchev–Trinajstić information content (AvgIpc) is 3.04. The Kier molecular flexibility index (Phi) is 6.00. The van der Waals surface area contributed by atoms with Crippen molar-refractivity contribution in [2.24, 2.45) is 0 Å². The van der Waals surface area contributed by atoms with E-state index >= 15 is 0 Å². The fourth-order valence-electron chi connectivity index (χ4n) is 2.54. The molecule has 0 radical (unpaired) electrons. The molecule has 0 fully saturated rings. The van der Waals surface area contributed by atoms with Gasteiger partial charge in [-0.3, -0.25) is 0 Å². The van der Waals surface area contributed by atoms with Crippen LogP contribution in [0.25, 0.3) is 0 Å². The molecule has 0 aliphatic heterocycles. The topological polar surface area (TPSA) is 39.9 Å². The Morgan fingerprint density at radius 2 is 1.92 bits per heavy atom. The molecule has 0 spiro atoms. The van der Waals surface area contributed by atoms with Crippen LogP contribution < -0.4 is 4.74 Å². The summed E-state index contributed by atoms with van der Waals surface area (Å²) < 4.78 is 8.08. The van der Waals surface area contributed by atoms with Gasteiger partial charge in [0.2, 0.25) is 0 Å². The fraction of sp³-hybridized carbons (Fsp3) is 0.263. The van der Waals surface area contributed by atoms with Crippen molar-refractivity contribution in [3.05, 3.63) is 71.0 Å². The highest BCUT2D eigenvalue weighted by Gasteiger charge is 2.18. The number of hydrogen-bond donors (Lipinski definition) is 0. The fourth-order valence-corrected chi connectivity index (χ4v) is 3.70. The number of thioether (sulfide) groups is 1. The van der Waals surface area contributed by atoms with E-state index in [2.05, 4.69) is 27.8 Å². The van der Waals surface area contributed by atoms with Crippen molar-refractivity contribution < 1.29 is 4.74 Å². The Morgan fingerprint density at radius 1 is 1.12 bits per heavy atom. The Labute approximate surface area is 157 Å². The number of aromatic nitrogens is 3. The Morgan fingerprint density at radius 3 is 2.64 bits per heavy atom. The first-order chi connectivity index (χ1) is 12.2. The normalized spacial score (nSPS) is 12.1. The number of benzene rings is 2. The Hall–Kier alpha value is -1.98. The van der Waals surface area contributed by atoms with Gasteiger partial charge in [0.1, 0.15) is 5.75 Å². The maximum absolute atomic E-state index is 6.05. The predicted octanol–water partition coefficient (Wildman–Crippen LogP) is 5.38. The first kappa shape index (κ1) is 17.8. The van der Waals surface area contributed by atoms with Crippen LogP contribution in [0.4, 0.5) is 0 Å². The number of hydrogen-bond acceptors (Lipinski definition) is 4. The van der Waals surface area contributed by atoms with Gasteiger partial charge < -0.3 is 9.30 Å². The molecule has 1 heterocycles. The van der Waals surface area contributed by atoms with Gasteiger partial charge in [-0.2, -0.15) is 0 Å². The predicted molar refractivity (Wildman–Crippen MR) is 102 cm³/mol. The number of para-hydroxylation sites is 1. The third kappa shape index (κ3) is 4.55. The molecular weight excluding hydrogens is 354 g/mol. The molecule has 0 bridgehead atoms. The summed E-state index contributed by atoms with van der Waals surface area (Å²) in [5.74, 6) is 2.46. The van der Waals surface area contributed by atoms with Crippen molar-refractivity contribution in [1.29, 1.82) is 0 Å². The molecule has 2 aromatic carbocycles. The van der Waals surface area contributed by atoms with E-state index in [4.69, 9.17) is 16.3 Å². The summed E-state index contributed by atoms with van der Waals surface area (Å²) in [5.41, 5.74) is 1.17. The van der Waals surface area contributed by atoms with E-state index in [1.807, 2.05) is 55.5 Å². The summed E-state index contributed by atoms with van der Waals surface area (Å²) in [5, 5.41) is 10.3. The van der Waals surface area contributed by atoms with E-state index in [-0.39, 0.29) is 6.10 Å². The first-order valence-electron chi connectivity index (χ1n) is 8.19. The molecule has 1 aromatic heterocycles. The minimum atomic E-state index is -0.171. The summed E-state index contributed by atoms with van der Waals surface area (Å²) in [6.07, 6.45) is -0.171. The summed E-state index contributed by atoms with van der Waals surface area (Å²) >= 11 is 7.70. The molecule has 1 atom stereocenters. The molecule has 1 unspecified atom stereocenters. The van der Waals surface area contributed by atoms with Crippen LogP contribution in [0.2, 0.25) is 5.02 Å². The molecule has 6 heteroatoms. The second-order valence-electron chi connectivity index (χ2n) is 5.58. The molecule has 0 saturated heterocycles. The minimum Gasteiger partial charge on any atom is -0.483 e. The van der Waals surface area contributed by atoms with Gasteiger partial charge >= 0.3 is 0 Å². The molecule has 3 aromatic rings. The van der Waals surface area contributed by atoms with Gasteiger partial charge in [-0.15, -0.1) is 10.2 Å². The second kappa shape index (κ2) is 8.41. The SMILES string of the molecule is CCn1c(SCc2cccc(Cl)c2)nnc1C(C)Oc1ccccc1. The largest absolute Gasteiger partial charge is 0.483 e. The van der Waals surface area contributed by atoms with Crippen molar-refractivity contribution in [2.45, 2.75) is 37.4 Å². The van der Waals surface area contributed by atoms with E-state index in [0.717, 1.165) is 34.1 Å². The van der Waals surface area contributed by atoms with E-state index in [1.165, 1.54) is 5.56 Å². The van der Waals surface area contributed by atoms with E-state index in [0.29, 0.717) is 0 Å². The quantitative estimate of drug-likeness (QED) is 0.521. The molecule has 0 aliphatic rings. The lowest BCUT2D eigenvalue weighted by Crippen LogP contribution is -2.11. The lowest BCUT2D eigenvalue weighted by atomic mass is 10.2. The van der Waals surface area contributed by atoms with Gasteiger partial charge in [0, 0.05) is 17.3 Å². The number of rotatable bonds is 7. The molecule has 25 heavy (non-hydrogen) atoms. The molecule has 4 nitrogen and oxygen atoms in total. The molecule has 0 amide bonds. The van der Waals surface area contributed by atoms with Gasteiger partial charge in [-0.1, -0.05) is 53.7 Å². The van der Waals surface area contributed by atoms with Crippen LogP contribution in [0.3, 0.4) is 0 Å². The van der Waals surface area contributed by atoms with Crippen molar-refractivity contribution in [3.8, 4) is 5.75 Å². The van der Waals surface area contributed by atoms with Crippen LogP contribution in [-0.2, 0) is 12.3 Å². The van der Waals surface area contributed by atoms with Gasteiger partial charge in [0.15, 0.2) is 17.1 Å². The van der Waals surface area contributed by atoms with Crippen LogP contribution >= 0.6 is 23.4 Å². The summed E-state index contributed by atoms with van der Waals surface area (Å²) in [7, 11) is 0. The summed E-state index contributed by atoms with van der Waals surface area (Å²) in [4.78, 5) is 0. The van der Waals surface area contributed by atoms with Crippen molar-refractivity contribution >= 4 is 23.4 Å². The highest BCUT2D eigenvalue weighted by molar-refractivity contribution is 7.98. The van der Waals surface area contributed by atoms with E-state index < -0.39 is 0 Å². The van der Waals surface area contributed by atoms with Gasteiger partial charge in [0.25, 0.3) is 0 Å². The summed E-state index contributed by atoms with van der Waals surface area (Å²) in [6, 6.07) is 17.6. The van der Waals surface area contributed by atoms with Gasteiger partial charge in [-0.25, -0.2) is 0 Å². The molecule has 130 valence electrons. The number of ether oxygens (including phenoxy) is 1. The summed E-state index contributed by atoms with van der Waals surface area (Å²) in [6.45, 7) is 4.88. The smallest absolute Gasteiger partial charge is 0.191 e. The van der Waals surface area contributed by atoms with Crippen LogP contribution in [0, 0.1) is 0 Å². The zero-order valence-electron chi connectivity index (χ0n) is 14.2. The van der Waals surface area contributed by atoms with E-state index in [9.17, 15) is 0 Å². The molecule has 0 saturated carbocycles. The average molecular weight is 374 g/mol. The van der Waals surface area contributed by atoms with Crippen LogP contribution in [-0.4, -0.2) is 14.8 Å². The van der Waals surface area contributed by atoms with Crippen LogP contribution in [0.5, 0.6) is 5.75 Å². The maximum Gasteiger partial charge on any atom is 0.191 e. The monoisotopic (exact) mass is 373 g/mol. The minimum absolute atomic E-state index is 0.171. The molecule has 3 rings (SSSR count). The Bertz CT molecular complexity index is 823. The van der Waals surface area contributed by atoms with Gasteiger partial charge in [0.05, 0.1) is 0 Å². The highest BCUT2D eigenvalue weighted by atomic mass is 35.5. The molecule has 0 aliphatic carbocycles. The highest BCUT2D eigenvalue weighted by Crippen LogP contribution is 2.27. The zero-order chi connectivity index (χ0) is 17.6. The maximum atomic E-state index is 6.05. The lowest BCUT2D eigenvalue weighted by molar-refractivity contribution is 0.210. The van der Waals surface area contributed by atoms with Crippen molar-refractivity contribution in [2.75, 3.05) is 0 Å². The van der Waals surface area contributed by atoms with Crippen LogP contribution in [0.15, 0.2) is 59.8 Å². The number of halogens is 1. The number of nitrogens with zero attached hydrogens (tertiary/aromatic N) is 3. The lowest BCUT2D eigenvalue weighted by Gasteiger charge is -2.15. The second-order valence-corrected chi connectivity index (χ2v) is 6.96. The van der Waals surface area contributed by atoms with Crippen LogP contribution in [0.1, 0.15) is 31.3 Å². The van der Waals surface area contributed by atoms with E-state index in [1.54, 1.807) is 11.8 Å². The Balaban J connectivity index is 1.72. The first-order valence-corrected chi connectivity index (χ1v) is 9.55. The third-order valence-corrected chi connectivity index (χ3v) is 5.01. The zero-order valence-corrected chi connectivity index (χ0v) is 15.8. The van der Waals surface area contributed by atoms with Gasteiger partial charge in [-0.05, 0) is 43.7 Å². The molecule has 0 N–H and O–H groups in total. The van der Waals surface area contributed by atoms with Crippen molar-refractivity contribution in [1.82, 2.24) is 14.8 Å². The third-order valence-electron chi connectivity index (χ3n) is 3.74. The molecular formula is C19H20ClN3OS. The standard InChI is InChI=1S/C19H20ClN3OS/c1-3-23-18(14(2)24-17-10-5-4-6-11-17)21-22-19(23)25-13-15-8-7-9-16(20)12-15/h4-12,14H,3,13H2,1-2H3.